The molecule has 0 aromatic heterocycles. The van der Waals surface area contributed by atoms with Gasteiger partial charge in [0.05, 0.1) is 5.41 Å². The molecule has 4 fully saturated rings. The van der Waals surface area contributed by atoms with Crippen LogP contribution < -0.4 is 0 Å². The lowest BCUT2D eigenvalue weighted by Crippen LogP contribution is -2.14. The average Bonchev–Trinajstić information content (AvgIpc) is 2.42. The first kappa shape index (κ1) is 5.16. The standard InChI is InChI=1S/C8H10O2/c9-7(10)8-3-4-1-5(8)6(8)2-4/h4-6H,1-3H2,(H,9,10). The predicted molar refractivity (Wildman–Crippen MR) is 34.4 cm³/mol. The molecule has 54 valence electrons. The summed E-state index contributed by atoms with van der Waals surface area (Å²) in [4.78, 5) is 10.8. The van der Waals surface area contributed by atoms with E-state index in [0.29, 0.717) is 11.8 Å². The van der Waals surface area contributed by atoms with Crippen LogP contribution in [0.25, 0.3) is 0 Å². The Balaban J connectivity index is 2.06. The second kappa shape index (κ2) is 1.13. The zero-order valence-corrected chi connectivity index (χ0v) is 5.71. The second-order valence-electron chi connectivity index (χ2n) is 4.10. The quantitative estimate of drug-likeness (QED) is 0.589. The van der Waals surface area contributed by atoms with Crippen molar-refractivity contribution >= 4 is 5.97 Å². The van der Waals surface area contributed by atoms with Crippen molar-refractivity contribution in [1.82, 2.24) is 0 Å². The van der Waals surface area contributed by atoms with E-state index in [1.165, 1.54) is 12.8 Å². The van der Waals surface area contributed by atoms with Gasteiger partial charge in [-0.05, 0) is 37.0 Å². The van der Waals surface area contributed by atoms with E-state index in [2.05, 4.69) is 0 Å². The molecule has 2 heteroatoms. The Morgan fingerprint density at radius 3 is 2.20 bits per heavy atom. The topological polar surface area (TPSA) is 37.3 Å². The van der Waals surface area contributed by atoms with Crippen LogP contribution in [0.15, 0.2) is 0 Å². The fourth-order valence-electron chi connectivity index (χ4n) is 3.52. The van der Waals surface area contributed by atoms with Crippen molar-refractivity contribution in [2.24, 2.45) is 23.2 Å². The first-order valence-corrected chi connectivity index (χ1v) is 3.98. The van der Waals surface area contributed by atoms with E-state index in [0.717, 1.165) is 12.3 Å². The summed E-state index contributed by atoms with van der Waals surface area (Å²) < 4.78 is 0. The SMILES string of the molecule is O=C(O)C12CC3CC1C2C3. The minimum Gasteiger partial charge on any atom is -0.481 e. The Labute approximate surface area is 59.2 Å². The van der Waals surface area contributed by atoms with Crippen LogP contribution in [0, 0.1) is 23.2 Å². The summed E-state index contributed by atoms with van der Waals surface area (Å²) in [5, 5.41) is 8.91. The highest BCUT2D eigenvalue weighted by atomic mass is 16.4. The molecule has 0 radical (unpaired) electrons. The van der Waals surface area contributed by atoms with Crippen molar-refractivity contribution in [3.63, 3.8) is 0 Å². The van der Waals surface area contributed by atoms with Gasteiger partial charge in [0.1, 0.15) is 0 Å². The molecule has 0 spiro atoms. The van der Waals surface area contributed by atoms with Gasteiger partial charge < -0.3 is 5.11 Å². The van der Waals surface area contributed by atoms with Crippen LogP contribution in [-0.4, -0.2) is 11.1 Å². The van der Waals surface area contributed by atoms with Gasteiger partial charge in [0.2, 0.25) is 0 Å². The molecule has 10 heavy (non-hydrogen) atoms. The maximum atomic E-state index is 10.8. The highest BCUT2D eigenvalue weighted by molar-refractivity contribution is 5.81. The molecule has 0 aliphatic heterocycles. The average molecular weight is 138 g/mol. The van der Waals surface area contributed by atoms with Crippen LogP contribution in [0.1, 0.15) is 19.3 Å². The minimum absolute atomic E-state index is 0.190. The fraction of sp³-hybridized carbons (Fsp3) is 0.875. The Kier molecular flexibility index (Phi) is 0.582. The van der Waals surface area contributed by atoms with Crippen LogP contribution in [0.3, 0.4) is 0 Å². The number of carboxylic acids is 1. The molecular formula is C8H10O2. The number of carboxylic acid groups (broad SMARTS) is 1. The van der Waals surface area contributed by atoms with Gasteiger partial charge in [0.25, 0.3) is 0 Å². The van der Waals surface area contributed by atoms with E-state index in [4.69, 9.17) is 5.11 Å². The lowest BCUT2D eigenvalue weighted by molar-refractivity contribution is -0.143. The monoisotopic (exact) mass is 138 g/mol. The Hall–Kier alpha value is -0.530. The summed E-state index contributed by atoms with van der Waals surface area (Å²) >= 11 is 0. The van der Waals surface area contributed by atoms with Crippen molar-refractivity contribution in [2.75, 3.05) is 0 Å². The van der Waals surface area contributed by atoms with E-state index < -0.39 is 5.97 Å². The van der Waals surface area contributed by atoms with Gasteiger partial charge in [-0.3, -0.25) is 4.79 Å². The lowest BCUT2D eigenvalue weighted by atomic mass is 10.1. The first-order chi connectivity index (χ1) is 4.75. The van der Waals surface area contributed by atoms with Crippen LogP contribution in [-0.2, 0) is 4.79 Å². The van der Waals surface area contributed by atoms with Gasteiger partial charge in [0, 0.05) is 0 Å². The van der Waals surface area contributed by atoms with Gasteiger partial charge >= 0.3 is 5.97 Å². The summed E-state index contributed by atoms with van der Waals surface area (Å²) in [5.74, 6) is 1.46. The van der Waals surface area contributed by atoms with Gasteiger partial charge in [-0.2, -0.15) is 0 Å². The second-order valence-corrected chi connectivity index (χ2v) is 4.10. The highest BCUT2D eigenvalue weighted by Crippen LogP contribution is 2.79. The number of hydrogen-bond acceptors (Lipinski definition) is 1. The molecule has 2 nitrogen and oxygen atoms in total. The molecular weight excluding hydrogens is 128 g/mol. The number of rotatable bonds is 1. The first-order valence-electron chi connectivity index (χ1n) is 3.98. The summed E-state index contributed by atoms with van der Waals surface area (Å²) in [6, 6.07) is 0. The molecule has 0 amide bonds. The van der Waals surface area contributed by atoms with Crippen LogP contribution in [0.5, 0.6) is 0 Å². The number of carbonyl (C=O) groups is 1. The van der Waals surface area contributed by atoms with E-state index in [1.807, 2.05) is 0 Å². The Bertz CT molecular complexity index is 209. The fourth-order valence-corrected chi connectivity index (χ4v) is 3.52. The third kappa shape index (κ3) is 0.297. The molecule has 4 aliphatic rings. The minimum atomic E-state index is -0.512. The van der Waals surface area contributed by atoms with E-state index in [9.17, 15) is 4.79 Å². The number of hydrogen-bond donors (Lipinski definition) is 1. The maximum Gasteiger partial charge on any atom is 0.310 e. The predicted octanol–water partition coefficient (Wildman–Crippen LogP) is 1.12. The zero-order valence-electron chi connectivity index (χ0n) is 5.71. The molecule has 4 bridgehead atoms. The van der Waals surface area contributed by atoms with Crippen molar-refractivity contribution in [2.45, 2.75) is 19.3 Å². The molecule has 4 rings (SSSR count). The van der Waals surface area contributed by atoms with E-state index in [1.54, 1.807) is 0 Å². The molecule has 2 atom stereocenters. The molecule has 0 aromatic rings. The van der Waals surface area contributed by atoms with Gasteiger partial charge in [-0.15, -0.1) is 0 Å². The summed E-state index contributed by atoms with van der Waals surface area (Å²) in [6.45, 7) is 0. The van der Waals surface area contributed by atoms with E-state index >= 15 is 0 Å². The maximum absolute atomic E-state index is 10.8. The van der Waals surface area contributed by atoms with Crippen LogP contribution in [0.4, 0.5) is 0 Å². The molecule has 4 saturated carbocycles. The van der Waals surface area contributed by atoms with Crippen molar-refractivity contribution < 1.29 is 9.90 Å². The van der Waals surface area contributed by atoms with Gasteiger partial charge in [-0.1, -0.05) is 0 Å². The molecule has 0 aromatic carbocycles. The largest absolute Gasteiger partial charge is 0.481 e. The van der Waals surface area contributed by atoms with Crippen molar-refractivity contribution in [3.8, 4) is 0 Å². The van der Waals surface area contributed by atoms with Gasteiger partial charge in [-0.25, -0.2) is 0 Å². The third-order valence-corrected chi connectivity index (χ3v) is 3.90. The molecule has 2 unspecified atom stereocenters. The Morgan fingerprint density at radius 1 is 1.40 bits per heavy atom. The summed E-state index contributed by atoms with van der Waals surface area (Å²) in [5.41, 5.74) is -0.190. The zero-order chi connectivity index (χ0) is 6.93. The Morgan fingerprint density at radius 2 is 2.00 bits per heavy atom. The lowest BCUT2D eigenvalue weighted by Gasteiger charge is -2.01. The smallest absolute Gasteiger partial charge is 0.310 e. The summed E-state index contributed by atoms with van der Waals surface area (Å²) in [6.07, 6.45) is 3.44. The van der Waals surface area contributed by atoms with Crippen LogP contribution >= 0.6 is 0 Å². The molecule has 4 aliphatic carbocycles. The van der Waals surface area contributed by atoms with Gasteiger partial charge in [0.15, 0.2) is 0 Å². The molecule has 1 N–H and O–H groups in total. The number of aliphatic carboxylic acids is 1. The van der Waals surface area contributed by atoms with Crippen molar-refractivity contribution in [1.29, 1.82) is 0 Å². The molecule has 0 heterocycles. The summed E-state index contributed by atoms with van der Waals surface area (Å²) in [7, 11) is 0. The highest BCUT2D eigenvalue weighted by Gasteiger charge is 2.78. The molecule has 0 saturated heterocycles. The normalized spacial score (nSPS) is 61.0. The van der Waals surface area contributed by atoms with E-state index in [-0.39, 0.29) is 5.41 Å². The van der Waals surface area contributed by atoms with Crippen LogP contribution in [0.2, 0.25) is 0 Å². The third-order valence-electron chi connectivity index (χ3n) is 3.90. The van der Waals surface area contributed by atoms with Crippen molar-refractivity contribution in [3.05, 3.63) is 0 Å².